The zero-order valence-electron chi connectivity index (χ0n) is 11.7. The fraction of sp³-hybridized carbons (Fsp3) is 0.400. The van der Waals surface area contributed by atoms with Crippen molar-refractivity contribution in [1.82, 2.24) is 0 Å². The molecule has 0 aliphatic carbocycles. The Hall–Kier alpha value is -2.37. The first-order valence-electron chi connectivity index (χ1n) is 6.97. The van der Waals surface area contributed by atoms with E-state index in [1.54, 1.807) is 24.3 Å². The molecule has 6 nitrogen and oxygen atoms in total. The SMILES string of the molecule is N=C(N)c1ccc(NC(=O)CCC2CCCOC2=O)cc1. The van der Waals surface area contributed by atoms with Gasteiger partial charge >= 0.3 is 5.97 Å². The zero-order valence-corrected chi connectivity index (χ0v) is 11.7. The van der Waals surface area contributed by atoms with Crippen molar-refractivity contribution in [3.05, 3.63) is 29.8 Å². The number of carbonyl (C=O) groups is 2. The van der Waals surface area contributed by atoms with Crippen molar-refractivity contribution >= 4 is 23.4 Å². The van der Waals surface area contributed by atoms with Crippen molar-refractivity contribution < 1.29 is 14.3 Å². The smallest absolute Gasteiger partial charge is 0.308 e. The summed E-state index contributed by atoms with van der Waals surface area (Å²) in [6, 6.07) is 6.75. The lowest BCUT2D eigenvalue weighted by Gasteiger charge is -2.20. The van der Waals surface area contributed by atoms with Gasteiger partial charge in [-0.25, -0.2) is 0 Å². The van der Waals surface area contributed by atoms with Crippen LogP contribution in [0, 0.1) is 11.3 Å². The van der Waals surface area contributed by atoms with Crippen LogP contribution in [0.2, 0.25) is 0 Å². The molecule has 6 heteroatoms. The van der Waals surface area contributed by atoms with E-state index in [1.165, 1.54) is 0 Å². The lowest BCUT2D eigenvalue weighted by molar-refractivity contribution is -0.153. The first-order chi connectivity index (χ1) is 10.1. The summed E-state index contributed by atoms with van der Waals surface area (Å²) in [4.78, 5) is 23.3. The van der Waals surface area contributed by atoms with Crippen LogP contribution in [0.1, 0.15) is 31.2 Å². The summed E-state index contributed by atoms with van der Waals surface area (Å²) < 4.78 is 4.97. The van der Waals surface area contributed by atoms with E-state index in [0.717, 1.165) is 12.8 Å². The highest BCUT2D eigenvalue weighted by atomic mass is 16.5. The van der Waals surface area contributed by atoms with Crippen LogP contribution in [0.3, 0.4) is 0 Å². The number of benzene rings is 1. The first kappa shape index (κ1) is 15.0. The Labute approximate surface area is 123 Å². The average molecular weight is 289 g/mol. The second-order valence-corrected chi connectivity index (χ2v) is 5.08. The molecule has 1 heterocycles. The predicted molar refractivity (Wildman–Crippen MR) is 79.0 cm³/mol. The first-order valence-corrected chi connectivity index (χ1v) is 6.97. The number of nitrogens with two attached hydrogens (primary N) is 1. The lowest BCUT2D eigenvalue weighted by Crippen LogP contribution is -2.25. The summed E-state index contributed by atoms with van der Waals surface area (Å²) >= 11 is 0. The van der Waals surface area contributed by atoms with Crippen molar-refractivity contribution in [3.8, 4) is 0 Å². The quantitative estimate of drug-likeness (QED) is 0.435. The van der Waals surface area contributed by atoms with E-state index < -0.39 is 0 Å². The van der Waals surface area contributed by atoms with Crippen molar-refractivity contribution in [2.75, 3.05) is 11.9 Å². The van der Waals surface area contributed by atoms with Gasteiger partial charge in [-0.1, -0.05) is 0 Å². The Balaban J connectivity index is 1.81. The van der Waals surface area contributed by atoms with Crippen molar-refractivity contribution in [1.29, 1.82) is 5.41 Å². The number of cyclic esters (lactones) is 1. The molecule has 1 aromatic carbocycles. The highest BCUT2D eigenvalue weighted by molar-refractivity contribution is 5.96. The lowest BCUT2D eigenvalue weighted by atomic mass is 9.96. The van der Waals surface area contributed by atoms with Gasteiger partial charge < -0.3 is 15.8 Å². The summed E-state index contributed by atoms with van der Waals surface area (Å²) in [6.07, 6.45) is 2.45. The molecular weight excluding hydrogens is 270 g/mol. The summed E-state index contributed by atoms with van der Waals surface area (Å²) in [7, 11) is 0. The highest BCUT2D eigenvalue weighted by Gasteiger charge is 2.24. The van der Waals surface area contributed by atoms with Crippen LogP contribution in [-0.2, 0) is 14.3 Å². The van der Waals surface area contributed by atoms with E-state index in [0.29, 0.717) is 24.3 Å². The Morgan fingerprint density at radius 1 is 1.38 bits per heavy atom. The largest absolute Gasteiger partial charge is 0.465 e. The molecule has 1 unspecified atom stereocenters. The Morgan fingerprint density at radius 3 is 2.71 bits per heavy atom. The van der Waals surface area contributed by atoms with Gasteiger partial charge in [-0.05, 0) is 43.5 Å². The molecule has 0 aromatic heterocycles. The third kappa shape index (κ3) is 4.30. The van der Waals surface area contributed by atoms with E-state index in [-0.39, 0.29) is 30.1 Å². The molecule has 0 spiro atoms. The molecular formula is C15H19N3O3. The molecule has 1 aromatic rings. The number of esters is 1. The zero-order chi connectivity index (χ0) is 15.2. The minimum atomic E-state index is -0.195. The molecule has 1 aliphatic rings. The third-order valence-electron chi connectivity index (χ3n) is 3.47. The Morgan fingerprint density at radius 2 is 2.10 bits per heavy atom. The molecule has 1 fully saturated rings. The van der Waals surface area contributed by atoms with Crippen LogP contribution < -0.4 is 11.1 Å². The number of amidine groups is 1. The number of hydrogen-bond acceptors (Lipinski definition) is 4. The van der Waals surface area contributed by atoms with E-state index in [2.05, 4.69) is 5.32 Å². The average Bonchev–Trinajstić information content (AvgIpc) is 2.47. The number of nitrogens with one attached hydrogen (secondary N) is 2. The van der Waals surface area contributed by atoms with Crippen LogP contribution in [0.4, 0.5) is 5.69 Å². The minimum absolute atomic E-state index is 0.0105. The molecule has 2 rings (SSSR count). The summed E-state index contributed by atoms with van der Waals surface area (Å²) in [6.45, 7) is 0.490. The maximum absolute atomic E-state index is 11.9. The molecule has 112 valence electrons. The molecule has 0 saturated carbocycles. The number of ether oxygens (including phenoxy) is 1. The van der Waals surface area contributed by atoms with Gasteiger partial charge in [0.15, 0.2) is 0 Å². The normalized spacial score (nSPS) is 17.9. The second-order valence-electron chi connectivity index (χ2n) is 5.08. The standard InChI is InChI=1S/C15H19N3O3/c16-14(17)10-3-6-12(7-4-10)18-13(19)8-5-11-2-1-9-21-15(11)20/h3-4,6-7,11H,1-2,5,8-9H2,(H3,16,17)(H,18,19). The monoisotopic (exact) mass is 289 g/mol. The van der Waals surface area contributed by atoms with Gasteiger partial charge in [0.1, 0.15) is 5.84 Å². The molecule has 1 atom stereocenters. The van der Waals surface area contributed by atoms with E-state index >= 15 is 0 Å². The topological polar surface area (TPSA) is 105 Å². The van der Waals surface area contributed by atoms with Gasteiger partial charge in [-0.15, -0.1) is 0 Å². The highest BCUT2D eigenvalue weighted by Crippen LogP contribution is 2.20. The van der Waals surface area contributed by atoms with Gasteiger partial charge in [0.2, 0.25) is 5.91 Å². The van der Waals surface area contributed by atoms with E-state index in [1.807, 2.05) is 0 Å². The molecule has 0 radical (unpaired) electrons. The van der Waals surface area contributed by atoms with Crippen molar-refractivity contribution in [2.45, 2.75) is 25.7 Å². The van der Waals surface area contributed by atoms with Crippen LogP contribution in [0.25, 0.3) is 0 Å². The minimum Gasteiger partial charge on any atom is -0.465 e. The Bertz CT molecular complexity index is 540. The third-order valence-corrected chi connectivity index (χ3v) is 3.47. The molecule has 1 aliphatic heterocycles. The van der Waals surface area contributed by atoms with E-state index in [9.17, 15) is 9.59 Å². The van der Waals surface area contributed by atoms with Crippen molar-refractivity contribution in [3.63, 3.8) is 0 Å². The summed E-state index contributed by atoms with van der Waals surface area (Å²) in [5.74, 6) is -0.503. The second kappa shape index (κ2) is 6.88. The summed E-state index contributed by atoms with van der Waals surface area (Å²) in [5.41, 5.74) is 6.62. The number of anilines is 1. The molecule has 21 heavy (non-hydrogen) atoms. The molecule has 0 bridgehead atoms. The number of carbonyl (C=O) groups excluding carboxylic acids is 2. The summed E-state index contributed by atoms with van der Waals surface area (Å²) in [5, 5.41) is 10.1. The molecule has 1 saturated heterocycles. The number of rotatable bonds is 5. The van der Waals surface area contributed by atoms with Gasteiger partial charge in [-0.3, -0.25) is 15.0 Å². The number of hydrogen-bond donors (Lipinski definition) is 3. The number of amides is 1. The van der Waals surface area contributed by atoms with Gasteiger partial charge in [0.05, 0.1) is 12.5 Å². The maximum atomic E-state index is 11.9. The van der Waals surface area contributed by atoms with Crippen LogP contribution in [0.15, 0.2) is 24.3 Å². The van der Waals surface area contributed by atoms with Crippen LogP contribution in [0.5, 0.6) is 0 Å². The van der Waals surface area contributed by atoms with Crippen LogP contribution in [-0.4, -0.2) is 24.3 Å². The van der Waals surface area contributed by atoms with Gasteiger partial charge in [0, 0.05) is 17.7 Å². The fourth-order valence-electron chi connectivity index (χ4n) is 2.26. The van der Waals surface area contributed by atoms with Crippen LogP contribution >= 0.6 is 0 Å². The Kier molecular flexibility index (Phi) is 4.92. The van der Waals surface area contributed by atoms with Gasteiger partial charge in [-0.2, -0.15) is 0 Å². The predicted octanol–water partition coefficient (Wildman–Crippen LogP) is 1.64. The maximum Gasteiger partial charge on any atom is 0.308 e. The molecule has 1 amide bonds. The number of nitrogen functional groups attached to an aromatic ring is 1. The molecule has 4 N–H and O–H groups in total. The fourth-order valence-corrected chi connectivity index (χ4v) is 2.26. The van der Waals surface area contributed by atoms with Crippen molar-refractivity contribution in [2.24, 2.45) is 11.7 Å². The van der Waals surface area contributed by atoms with Gasteiger partial charge in [0.25, 0.3) is 0 Å². The van der Waals surface area contributed by atoms with E-state index in [4.69, 9.17) is 15.9 Å².